The van der Waals surface area contributed by atoms with Gasteiger partial charge in [0.2, 0.25) is 5.91 Å². The van der Waals surface area contributed by atoms with Crippen molar-refractivity contribution < 1.29 is 4.79 Å². The van der Waals surface area contributed by atoms with Gasteiger partial charge in [-0.3, -0.25) is 4.79 Å². The predicted octanol–water partition coefficient (Wildman–Crippen LogP) is 1.46. The lowest BCUT2D eigenvalue weighted by molar-refractivity contribution is -0.121. The van der Waals surface area contributed by atoms with Gasteiger partial charge >= 0.3 is 0 Å². The minimum absolute atomic E-state index is 0.137. The number of anilines is 1. The van der Waals surface area contributed by atoms with Crippen molar-refractivity contribution in [3.05, 3.63) is 23.9 Å². The van der Waals surface area contributed by atoms with Gasteiger partial charge in [-0.1, -0.05) is 0 Å². The summed E-state index contributed by atoms with van der Waals surface area (Å²) >= 11 is 0. The zero-order valence-electron chi connectivity index (χ0n) is 16.5. The van der Waals surface area contributed by atoms with E-state index >= 15 is 0 Å². The molecule has 26 heavy (non-hydrogen) atoms. The summed E-state index contributed by atoms with van der Waals surface area (Å²) in [6.45, 7) is 5.43. The van der Waals surface area contributed by atoms with Crippen LogP contribution in [-0.4, -0.2) is 62.5 Å². The first kappa shape index (κ1) is 20.0. The molecule has 0 aliphatic carbocycles. The van der Waals surface area contributed by atoms with E-state index < -0.39 is 0 Å². The number of aliphatic imine (C=N–C) groups is 1. The van der Waals surface area contributed by atoms with Gasteiger partial charge < -0.3 is 20.4 Å². The zero-order chi connectivity index (χ0) is 18.9. The SMILES string of the molecule is CCNC(=NCc1ccnc(N(C)C)c1)N1CCC(CC(=O)NC)CC1. The average molecular weight is 361 g/mol. The summed E-state index contributed by atoms with van der Waals surface area (Å²) in [5.74, 6) is 2.50. The number of carbonyl (C=O) groups excluding carboxylic acids is 1. The van der Waals surface area contributed by atoms with Crippen molar-refractivity contribution in [2.24, 2.45) is 10.9 Å². The van der Waals surface area contributed by atoms with E-state index in [2.05, 4.69) is 33.5 Å². The number of aromatic nitrogens is 1. The minimum Gasteiger partial charge on any atom is -0.363 e. The second-order valence-electron chi connectivity index (χ2n) is 6.89. The van der Waals surface area contributed by atoms with Crippen LogP contribution in [0.15, 0.2) is 23.3 Å². The topological polar surface area (TPSA) is 72.9 Å². The first-order chi connectivity index (χ1) is 12.5. The summed E-state index contributed by atoms with van der Waals surface area (Å²) in [6.07, 6.45) is 4.51. The number of rotatable bonds is 6. The van der Waals surface area contributed by atoms with Crippen LogP contribution in [0.4, 0.5) is 5.82 Å². The molecule has 1 aliphatic rings. The Labute approximate surface area is 156 Å². The largest absolute Gasteiger partial charge is 0.363 e. The highest BCUT2D eigenvalue weighted by Crippen LogP contribution is 2.20. The van der Waals surface area contributed by atoms with E-state index in [4.69, 9.17) is 4.99 Å². The number of nitrogens with one attached hydrogen (secondary N) is 2. The molecule has 1 aliphatic heterocycles. The highest BCUT2D eigenvalue weighted by molar-refractivity contribution is 5.80. The Hall–Kier alpha value is -2.31. The summed E-state index contributed by atoms with van der Waals surface area (Å²) in [5, 5.41) is 6.12. The molecule has 1 amide bonds. The van der Waals surface area contributed by atoms with E-state index in [1.165, 1.54) is 0 Å². The lowest BCUT2D eigenvalue weighted by Gasteiger charge is -2.34. The third kappa shape index (κ3) is 5.89. The van der Waals surface area contributed by atoms with E-state index in [9.17, 15) is 4.79 Å². The van der Waals surface area contributed by atoms with Gasteiger partial charge in [0, 0.05) is 53.4 Å². The number of amides is 1. The highest BCUT2D eigenvalue weighted by atomic mass is 16.1. The van der Waals surface area contributed by atoms with Crippen LogP contribution in [0.25, 0.3) is 0 Å². The Kier molecular flexibility index (Phi) is 7.69. The molecular weight excluding hydrogens is 328 g/mol. The number of nitrogens with zero attached hydrogens (tertiary/aromatic N) is 4. The quantitative estimate of drug-likeness (QED) is 0.594. The first-order valence-corrected chi connectivity index (χ1v) is 9.39. The second kappa shape index (κ2) is 9.99. The smallest absolute Gasteiger partial charge is 0.220 e. The number of guanidine groups is 1. The summed E-state index contributed by atoms with van der Waals surface area (Å²) in [7, 11) is 5.68. The lowest BCUT2D eigenvalue weighted by atomic mass is 9.93. The van der Waals surface area contributed by atoms with Gasteiger partial charge in [0.15, 0.2) is 5.96 Å². The summed E-state index contributed by atoms with van der Waals surface area (Å²) < 4.78 is 0. The maximum absolute atomic E-state index is 11.6. The molecule has 0 saturated carbocycles. The molecule has 1 saturated heterocycles. The molecule has 0 aromatic carbocycles. The Bertz CT molecular complexity index is 608. The molecule has 2 N–H and O–H groups in total. The number of carbonyl (C=O) groups is 1. The Morgan fingerprint density at radius 2 is 2.12 bits per heavy atom. The molecule has 1 fully saturated rings. The molecule has 0 spiro atoms. The van der Waals surface area contributed by atoms with Crippen molar-refractivity contribution in [1.29, 1.82) is 0 Å². The van der Waals surface area contributed by atoms with Gasteiger partial charge in [-0.05, 0) is 43.4 Å². The summed E-state index contributed by atoms with van der Waals surface area (Å²) in [4.78, 5) is 25.0. The van der Waals surface area contributed by atoms with Crippen LogP contribution in [0.5, 0.6) is 0 Å². The number of hydrogen-bond donors (Lipinski definition) is 2. The van der Waals surface area contributed by atoms with Crippen molar-refractivity contribution in [1.82, 2.24) is 20.5 Å². The van der Waals surface area contributed by atoms with Crippen molar-refractivity contribution in [3.63, 3.8) is 0 Å². The molecule has 144 valence electrons. The Balaban J connectivity index is 1.97. The van der Waals surface area contributed by atoms with E-state index in [1.807, 2.05) is 31.3 Å². The third-order valence-electron chi connectivity index (χ3n) is 4.68. The number of hydrogen-bond acceptors (Lipinski definition) is 4. The van der Waals surface area contributed by atoms with Gasteiger partial charge in [0.25, 0.3) is 0 Å². The fraction of sp³-hybridized carbons (Fsp3) is 0.632. The summed E-state index contributed by atoms with van der Waals surface area (Å²) in [5.41, 5.74) is 1.15. The van der Waals surface area contributed by atoms with Gasteiger partial charge in [0.1, 0.15) is 5.82 Å². The maximum atomic E-state index is 11.6. The molecule has 0 radical (unpaired) electrons. The van der Waals surface area contributed by atoms with Gasteiger partial charge in [-0.15, -0.1) is 0 Å². The highest BCUT2D eigenvalue weighted by Gasteiger charge is 2.23. The monoisotopic (exact) mass is 360 g/mol. The molecular formula is C19H32N6O. The van der Waals surface area contributed by atoms with Crippen molar-refractivity contribution >= 4 is 17.7 Å². The van der Waals surface area contributed by atoms with Crippen LogP contribution in [0.2, 0.25) is 0 Å². The van der Waals surface area contributed by atoms with E-state index in [1.54, 1.807) is 7.05 Å². The lowest BCUT2D eigenvalue weighted by Crippen LogP contribution is -2.46. The fourth-order valence-corrected chi connectivity index (χ4v) is 3.11. The van der Waals surface area contributed by atoms with Crippen LogP contribution in [0, 0.1) is 5.92 Å². The minimum atomic E-state index is 0.137. The van der Waals surface area contributed by atoms with E-state index in [-0.39, 0.29) is 5.91 Å². The molecule has 0 bridgehead atoms. The van der Waals surface area contributed by atoms with Crippen LogP contribution >= 0.6 is 0 Å². The van der Waals surface area contributed by atoms with Crippen molar-refractivity contribution in [2.45, 2.75) is 32.7 Å². The maximum Gasteiger partial charge on any atom is 0.220 e. The van der Waals surface area contributed by atoms with Crippen LogP contribution in [-0.2, 0) is 11.3 Å². The average Bonchev–Trinajstić information content (AvgIpc) is 2.66. The van der Waals surface area contributed by atoms with Gasteiger partial charge in [-0.2, -0.15) is 0 Å². The third-order valence-corrected chi connectivity index (χ3v) is 4.68. The van der Waals surface area contributed by atoms with Crippen LogP contribution in [0.3, 0.4) is 0 Å². The van der Waals surface area contributed by atoms with Gasteiger partial charge in [0.05, 0.1) is 6.54 Å². The summed E-state index contributed by atoms with van der Waals surface area (Å²) in [6, 6.07) is 4.08. The number of pyridine rings is 1. The first-order valence-electron chi connectivity index (χ1n) is 9.39. The second-order valence-corrected chi connectivity index (χ2v) is 6.89. The van der Waals surface area contributed by atoms with Crippen LogP contribution < -0.4 is 15.5 Å². The molecule has 1 aromatic rings. The fourth-order valence-electron chi connectivity index (χ4n) is 3.11. The number of piperidine rings is 1. The normalized spacial score (nSPS) is 15.7. The predicted molar refractivity (Wildman–Crippen MR) is 106 cm³/mol. The molecule has 1 aromatic heterocycles. The molecule has 7 heteroatoms. The molecule has 2 rings (SSSR count). The van der Waals surface area contributed by atoms with E-state index in [0.717, 1.165) is 49.8 Å². The van der Waals surface area contributed by atoms with Crippen LogP contribution in [0.1, 0.15) is 31.7 Å². The molecule has 7 nitrogen and oxygen atoms in total. The van der Waals surface area contributed by atoms with Crippen molar-refractivity contribution in [3.8, 4) is 0 Å². The van der Waals surface area contributed by atoms with E-state index in [0.29, 0.717) is 18.9 Å². The van der Waals surface area contributed by atoms with Crippen molar-refractivity contribution in [2.75, 3.05) is 45.7 Å². The zero-order valence-corrected chi connectivity index (χ0v) is 16.5. The molecule has 0 unspecified atom stereocenters. The number of likely N-dealkylation sites (tertiary alicyclic amines) is 1. The standard InChI is InChI=1S/C19H32N6O/c1-5-21-19(23-14-16-6-9-22-17(12-16)24(3)4)25-10-7-15(8-11-25)13-18(26)20-2/h6,9,12,15H,5,7-8,10-11,13-14H2,1-4H3,(H,20,26)(H,21,23). The Morgan fingerprint density at radius 3 is 2.73 bits per heavy atom. The molecule has 2 heterocycles. The van der Waals surface area contributed by atoms with Gasteiger partial charge in [-0.25, -0.2) is 9.98 Å². The molecule has 0 atom stereocenters. The Morgan fingerprint density at radius 1 is 1.38 bits per heavy atom.